The Kier molecular flexibility index (Phi) is 21.8. The van der Waals surface area contributed by atoms with Gasteiger partial charge in [-0.3, -0.25) is 9.35 Å². The number of aliphatic carboxylic acids is 1. The molecule has 0 spiro atoms. The Bertz CT molecular complexity index is 473. The molecular weight excluding hydrogens is 380 g/mol. The summed E-state index contributed by atoms with van der Waals surface area (Å²) in [5, 5.41) is 16.9. The van der Waals surface area contributed by atoms with Gasteiger partial charge in [0, 0.05) is 6.42 Å². The van der Waals surface area contributed by atoms with Crippen molar-refractivity contribution < 1.29 is 28.0 Å². The topological polar surface area (TPSA) is 112 Å². The van der Waals surface area contributed by atoms with E-state index < -0.39 is 21.5 Å². The van der Waals surface area contributed by atoms with Gasteiger partial charge in [0.1, 0.15) is 0 Å². The molecule has 0 fully saturated rings. The molecule has 0 bridgehead atoms. The SMILES string of the molecule is CCC(O)S(=O)(=O)O.CCCCCCCC/C=C\CCCCCCCC(=O)O. The summed E-state index contributed by atoms with van der Waals surface area (Å²) in [5.74, 6) is -0.664. The van der Waals surface area contributed by atoms with Crippen LogP contribution in [0.2, 0.25) is 0 Å². The fourth-order valence-electron chi connectivity index (χ4n) is 2.56. The Hall–Kier alpha value is -0.920. The van der Waals surface area contributed by atoms with Crippen LogP contribution in [0.25, 0.3) is 0 Å². The van der Waals surface area contributed by atoms with Gasteiger partial charge in [-0.15, -0.1) is 0 Å². The minimum atomic E-state index is -4.20. The Morgan fingerprint density at radius 1 is 0.821 bits per heavy atom. The number of allylic oxidation sites excluding steroid dienone is 2. The molecule has 0 aliphatic carbocycles. The maximum atomic E-state index is 10.3. The number of carbonyl (C=O) groups is 1. The van der Waals surface area contributed by atoms with E-state index in [2.05, 4.69) is 19.1 Å². The van der Waals surface area contributed by atoms with Gasteiger partial charge in [0.25, 0.3) is 10.1 Å². The van der Waals surface area contributed by atoms with E-state index in [1.54, 1.807) is 0 Å². The Morgan fingerprint density at radius 2 is 1.25 bits per heavy atom. The Labute approximate surface area is 172 Å². The molecule has 7 heteroatoms. The minimum Gasteiger partial charge on any atom is -0.481 e. The molecule has 0 heterocycles. The van der Waals surface area contributed by atoms with Gasteiger partial charge in [0.05, 0.1) is 0 Å². The van der Waals surface area contributed by atoms with Gasteiger partial charge >= 0.3 is 5.97 Å². The number of hydrogen-bond donors (Lipinski definition) is 3. The number of rotatable bonds is 17. The van der Waals surface area contributed by atoms with E-state index in [9.17, 15) is 13.2 Å². The van der Waals surface area contributed by atoms with E-state index in [4.69, 9.17) is 14.8 Å². The standard InChI is InChI=1S/C18H34O2.C3H8O4S/c1-2-3-4-5-6-7-8-9-10-11-12-13-14-15-16-17-18(19)20;1-2-3(4)8(5,6)7/h9-10H,2-8,11-17H2,1H3,(H,19,20);3-4H,2H2,1H3,(H,5,6,7)/b10-9-;. The van der Waals surface area contributed by atoms with Crippen LogP contribution in [0, 0.1) is 0 Å². The van der Waals surface area contributed by atoms with Crippen LogP contribution < -0.4 is 0 Å². The molecule has 0 aromatic rings. The van der Waals surface area contributed by atoms with Crippen LogP contribution in [0.5, 0.6) is 0 Å². The average Bonchev–Trinajstić information content (AvgIpc) is 2.63. The molecule has 3 N–H and O–H groups in total. The van der Waals surface area contributed by atoms with Gasteiger partial charge in [-0.25, -0.2) is 0 Å². The number of aliphatic hydroxyl groups excluding tert-OH is 1. The molecule has 0 rings (SSSR count). The highest BCUT2D eigenvalue weighted by Gasteiger charge is 2.15. The number of unbranched alkanes of at least 4 members (excludes halogenated alkanes) is 11. The Morgan fingerprint density at radius 3 is 1.61 bits per heavy atom. The molecule has 0 aliphatic rings. The van der Waals surface area contributed by atoms with E-state index >= 15 is 0 Å². The van der Waals surface area contributed by atoms with Gasteiger partial charge in [-0.1, -0.05) is 77.4 Å². The van der Waals surface area contributed by atoms with Crippen molar-refractivity contribution in [3.8, 4) is 0 Å². The van der Waals surface area contributed by atoms with Crippen LogP contribution in [0.3, 0.4) is 0 Å². The summed E-state index contributed by atoms with van der Waals surface area (Å²) in [5.41, 5.74) is -1.62. The summed E-state index contributed by atoms with van der Waals surface area (Å²) in [6.45, 7) is 3.72. The number of carboxylic acid groups (broad SMARTS) is 1. The van der Waals surface area contributed by atoms with Crippen LogP contribution in [-0.2, 0) is 14.9 Å². The first-order valence-electron chi connectivity index (χ1n) is 10.8. The molecule has 6 nitrogen and oxygen atoms in total. The first-order valence-corrected chi connectivity index (χ1v) is 12.3. The van der Waals surface area contributed by atoms with Crippen LogP contribution in [0.4, 0.5) is 0 Å². The highest BCUT2D eigenvalue weighted by molar-refractivity contribution is 7.86. The van der Waals surface area contributed by atoms with Crippen molar-refractivity contribution in [2.45, 2.75) is 116 Å². The van der Waals surface area contributed by atoms with Crippen molar-refractivity contribution >= 4 is 16.1 Å². The quantitative estimate of drug-likeness (QED) is 0.157. The zero-order valence-electron chi connectivity index (χ0n) is 17.8. The molecule has 1 unspecified atom stereocenters. The molecule has 0 aromatic carbocycles. The van der Waals surface area contributed by atoms with E-state index in [1.807, 2.05) is 0 Å². The van der Waals surface area contributed by atoms with Gasteiger partial charge in [-0.05, 0) is 38.5 Å². The molecule has 0 aliphatic heterocycles. The first kappa shape index (κ1) is 29.3. The Balaban J connectivity index is 0. The average molecular weight is 423 g/mol. The third-order valence-corrected chi connectivity index (χ3v) is 5.37. The molecule has 0 radical (unpaired) electrons. The molecule has 0 aromatic heterocycles. The van der Waals surface area contributed by atoms with Crippen LogP contribution in [0.15, 0.2) is 12.2 Å². The number of carboxylic acids is 1. The van der Waals surface area contributed by atoms with Crippen molar-refractivity contribution in [1.29, 1.82) is 0 Å². The van der Waals surface area contributed by atoms with Crippen LogP contribution in [-0.4, -0.2) is 34.6 Å². The van der Waals surface area contributed by atoms with E-state index in [-0.39, 0.29) is 6.42 Å². The zero-order chi connectivity index (χ0) is 21.7. The van der Waals surface area contributed by atoms with Crippen LogP contribution in [0.1, 0.15) is 110 Å². The molecule has 0 amide bonds. The second-order valence-corrected chi connectivity index (χ2v) is 8.68. The minimum absolute atomic E-state index is 0.0127. The third-order valence-electron chi connectivity index (χ3n) is 4.35. The van der Waals surface area contributed by atoms with Crippen molar-refractivity contribution in [2.24, 2.45) is 0 Å². The van der Waals surface area contributed by atoms with Gasteiger partial charge < -0.3 is 10.2 Å². The zero-order valence-corrected chi connectivity index (χ0v) is 18.6. The van der Waals surface area contributed by atoms with E-state index in [0.29, 0.717) is 6.42 Å². The molecule has 1 atom stereocenters. The summed E-state index contributed by atoms with van der Waals surface area (Å²) in [6.07, 6.45) is 21.3. The van der Waals surface area contributed by atoms with E-state index in [1.165, 1.54) is 77.6 Å². The van der Waals surface area contributed by atoms with E-state index in [0.717, 1.165) is 12.8 Å². The van der Waals surface area contributed by atoms with Crippen molar-refractivity contribution in [3.05, 3.63) is 12.2 Å². The predicted molar refractivity (Wildman–Crippen MR) is 115 cm³/mol. The summed E-state index contributed by atoms with van der Waals surface area (Å²) in [7, 11) is -4.20. The maximum absolute atomic E-state index is 10.3. The second-order valence-electron chi connectivity index (χ2n) is 7.11. The van der Waals surface area contributed by atoms with Gasteiger partial charge in [-0.2, -0.15) is 8.42 Å². The smallest absolute Gasteiger partial charge is 0.303 e. The molecular formula is C21H42O6S. The largest absolute Gasteiger partial charge is 0.481 e. The normalized spacial score (nSPS) is 12.6. The van der Waals surface area contributed by atoms with Gasteiger partial charge in [0.15, 0.2) is 5.44 Å². The lowest BCUT2D eigenvalue weighted by molar-refractivity contribution is -0.137. The van der Waals surface area contributed by atoms with Crippen LogP contribution >= 0.6 is 0 Å². The van der Waals surface area contributed by atoms with Gasteiger partial charge in [0.2, 0.25) is 0 Å². The number of hydrogen-bond acceptors (Lipinski definition) is 4. The monoisotopic (exact) mass is 422 g/mol. The molecule has 168 valence electrons. The van der Waals surface area contributed by atoms with Crippen molar-refractivity contribution in [3.63, 3.8) is 0 Å². The highest BCUT2D eigenvalue weighted by Crippen LogP contribution is 2.09. The molecule has 0 saturated carbocycles. The maximum Gasteiger partial charge on any atom is 0.303 e. The molecule has 0 saturated heterocycles. The number of aliphatic hydroxyl groups is 1. The first-order chi connectivity index (χ1) is 13.3. The summed E-state index contributed by atoms with van der Waals surface area (Å²) >= 11 is 0. The summed E-state index contributed by atoms with van der Waals surface area (Å²) < 4.78 is 27.7. The lowest BCUT2D eigenvalue weighted by atomic mass is 10.1. The lowest BCUT2D eigenvalue weighted by Crippen LogP contribution is -2.17. The fourth-order valence-corrected chi connectivity index (χ4v) is 2.98. The lowest BCUT2D eigenvalue weighted by Gasteiger charge is -1.99. The van der Waals surface area contributed by atoms with Crippen molar-refractivity contribution in [1.82, 2.24) is 0 Å². The highest BCUT2D eigenvalue weighted by atomic mass is 32.2. The predicted octanol–water partition coefficient (Wildman–Crippen LogP) is 5.71. The second kappa shape index (κ2) is 20.8. The summed E-state index contributed by atoms with van der Waals surface area (Å²) in [4.78, 5) is 10.3. The molecule has 28 heavy (non-hydrogen) atoms. The third kappa shape index (κ3) is 25.1. The fraction of sp³-hybridized carbons (Fsp3) is 0.857. The summed E-state index contributed by atoms with van der Waals surface area (Å²) in [6, 6.07) is 0. The van der Waals surface area contributed by atoms with Crippen molar-refractivity contribution in [2.75, 3.05) is 0 Å².